The van der Waals surface area contributed by atoms with Gasteiger partial charge in [0.05, 0.1) is 0 Å². The molecule has 0 saturated carbocycles. The van der Waals surface area contributed by atoms with Crippen molar-refractivity contribution in [1.29, 1.82) is 0 Å². The van der Waals surface area contributed by atoms with E-state index < -0.39 is 0 Å². The van der Waals surface area contributed by atoms with Gasteiger partial charge in [-0.05, 0) is 23.3 Å². The molecule has 0 bridgehead atoms. The molecule has 22 heavy (non-hydrogen) atoms. The number of hydrogen-bond acceptors (Lipinski definition) is 3. The van der Waals surface area contributed by atoms with Crippen molar-refractivity contribution in [1.82, 2.24) is 10.3 Å². The third kappa shape index (κ3) is 3.65. The number of carbonyl (C=O) groups excluding carboxylic acids is 1. The first-order chi connectivity index (χ1) is 10.7. The van der Waals surface area contributed by atoms with Crippen molar-refractivity contribution >= 4 is 23.3 Å². The van der Waals surface area contributed by atoms with Crippen molar-refractivity contribution in [2.45, 2.75) is 13.0 Å². The third-order valence-electron chi connectivity index (χ3n) is 3.50. The van der Waals surface area contributed by atoms with Gasteiger partial charge < -0.3 is 4.90 Å². The highest BCUT2D eigenvalue weighted by Gasteiger charge is 2.20. The van der Waals surface area contributed by atoms with Crippen LogP contribution < -0.4 is 5.43 Å². The van der Waals surface area contributed by atoms with Crippen molar-refractivity contribution < 1.29 is 4.79 Å². The van der Waals surface area contributed by atoms with Gasteiger partial charge in [-0.3, -0.25) is 4.79 Å². The summed E-state index contributed by atoms with van der Waals surface area (Å²) in [7, 11) is 0. The van der Waals surface area contributed by atoms with Crippen LogP contribution in [-0.4, -0.2) is 23.2 Å². The number of hydrogen-bond donors (Lipinski definition) is 1. The lowest BCUT2D eigenvalue weighted by Crippen LogP contribution is -2.45. The van der Waals surface area contributed by atoms with Gasteiger partial charge in [-0.25, -0.2) is 5.43 Å². The molecule has 112 valence electrons. The average Bonchev–Trinajstić information content (AvgIpc) is 2.53. The van der Waals surface area contributed by atoms with Crippen molar-refractivity contribution in [3.63, 3.8) is 0 Å². The van der Waals surface area contributed by atoms with Gasteiger partial charge in [0.1, 0.15) is 12.4 Å². The Morgan fingerprint density at radius 3 is 2.50 bits per heavy atom. The van der Waals surface area contributed by atoms with Gasteiger partial charge in [0.25, 0.3) is 5.91 Å². The molecule has 1 aliphatic rings. The van der Waals surface area contributed by atoms with Gasteiger partial charge in [-0.1, -0.05) is 54.1 Å². The second-order valence-corrected chi connectivity index (χ2v) is 5.64. The zero-order valence-corrected chi connectivity index (χ0v) is 12.8. The maximum atomic E-state index is 11.6. The highest BCUT2D eigenvalue weighted by Crippen LogP contribution is 2.14. The van der Waals surface area contributed by atoms with Crippen molar-refractivity contribution in [2.24, 2.45) is 5.10 Å². The van der Waals surface area contributed by atoms with E-state index in [0.717, 1.165) is 17.0 Å². The van der Waals surface area contributed by atoms with E-state index >= 15 is 0 Å². The zero-order chi connectivity index (χ0) is 15.4. The Kier molecular flexibility index (Phi) is 4.39. The van der Waals surface area contributed by atoms with Gasteiger partial charge in [0.2, 0.25) is 0 Å². The normalized spacial score (nSPS) is 14.5. The largest absolute Gasteiger partial charge is 0.345 e. The molecule has 0 radical (unpaired) electrons. The fourth-order valence-electron chi connectivity index (χ4n) is 2.38. The summed E-state index contributed by atoms with van der Waals surface area (Å²) in [5.74, 6) is 0.765. The van der Waals surface area contributed by atoms with Crippen LogP contribution in [0.3, 0.4) is 0 Å². The van der Waals surface area contributed by atoms with Crippen LogP contribution in [0.25, 0.3) is 0 Å². The van der Waals surface area contributed by atoms with Crippen LogP contribution in [0.1, 0.15) is 11.1 Å². The SMILES string of the molecule is O=C1CN(Cc2ccccc2)C(Cc2ccc(Cl)cc2)=NN1. The molecule has 0 unspecified atom stereocenters. The Hall–Kier alpha value is -2.33. The second kappa shape index (κ2) is 6.62. The number of rotatable bonds is 4. The number of halogens is 1. The fourth-order valence-corrected chi connectivity index (χ4v) is 2.51. The van der Waals surface area contributed by atoms with Gasteiger partial charge in [-0.15, -0.1) is 0 Å². The summed E-state index contributed by atoms with van der Waals surface area (Å²) in [6.45, 7) is 0.988. The molecule has 0 aliphatic carbocycles. The first-order valence-electron chi connectivity index (χ1n) is 7.09. The number of benzene rings is 2. The van der Waals surface area contributed by atoms with Gasteiger partial charge in [0.15, 0.2) is 0 Å². The molecule has 0 fully saturated rings. The average molecular weight is 314 g/mol. The highest BCUT2D eigenvalue weighted by molar-refractivity contribution is 6.30. The first kappa shape index (κ1) is 14.6. The van der Waals surface area contributed by atoms with Crippen LogP contribution in [0.5, 0.6) is 0 Å². The molecule has 0 aromatic heterocycles. The molecule has 2 aromatic carbocycles. The van der Waals surface area contributed by atoms with Crippen molar-refractivity contribution in [3.05, 3.63) is 70.7 Å². The van der Waals surface area contributed by atoms with E-state index in [9.17, 15) is 4.79 Å². The Bertz CT molecular complexity index is 683. The standard InChI is InChI=1S/C17H16ClN3O/c18-15-8-6-13(7-9-15)10-16-19-20-17(22)12-21(16)11-14-4-2-1-3-5-14/h1-9H,10-12H2,(H,20,22). The van der Waals surface area contributed by atoms with E-state index in [4.69, 9.17) is 11.6 Å². The monoisotopic (exact) mass is 313 g/mol. The lowest BCUT2D eigenvalue weighted by atomic mass is 10.1. The zero-order valence-electron chi connectivity index (χ0n) is 12.0. The molecular weight excluding hydrogens is 298 g/mol. The predicted octanol–water partition coefficient (Wildman–Crippen LogP) is 2.83. The summed E-state index contributed by atoms with van der Waals surface area (Å²) in [6.07, 6.45) is 0.657. The number of hydrazone groups is 1. The second-order valence-electron chi connectivity index (χ2n) is 5.21. The smallest absolute Gasteiger partial charge is 0.259 e. The van der Waals surface area contributed by atoms with Crippen LogP contribution >= 0.6 is 11.6 Å². The Balaban J connectivity index is 1.77. The number of amides is 1. The molecule has 1 amide bonds. The molecule has 4 nitrogen and oxygen atoms in total. The van der Waals surface area contributed by atoms with E-state index in [1.54, 1.807) is 0 Å². The molecule has 1 N–H and O–H groups in total. The molecular formula is C17H16ClN3O. The van der Waals surface area contributed by atoms with Crippen molar-refractivity contribution in [2.75, 3.05) is 6.54 Å². The number of nitrogens with zero attached hydrogens (tertiary/aromatic N) is 2. The third-order valence-corrected chi connectivity index (χ3v) is 3.75. The Morgan fingerprint density at radius 2 is 1.77 bits per heavy atom. The lowest BCUT2D eigenvalue weighted by Gasteiger charge is -2.28. The lowest BCUT2D eigenvalue weighted by molar-refractivity contribution is -0.122. The Morgan fingerprint density at radius 1 is 1.05 bits per heavy atom. The molecule has 0 atom stereocenters. The topological polar surface area (TPSA) is 44.7 Å². The van der Waals surface area contributed by atoms with Gasteiger partial charge >= 0.3 is 0 Å². The summed E-state index contributed by atoms with van der Waals surface area (Å²) in [5.41, 5.74) is 4.82. The molecule has 0 saturated heterocycles. The van der Waals surface area contributed by atoms with E-state index in [1.165, 1.54) is 0 Å². The van der Waals surface area contributed by atoms with Crippen LogP contribution in [-0.2, 0) is 17.8 Å². The molecule has 5 heteroatoms. The summed E-state index contributed by atoms with van der Waals surface area (Å²) in [5, 5.41) is 4.93. The highest BCUT2D eigenvalue weighted by atomic mass is 35.5. The molecule has 1 aliphatic heterocycles. The van der Waals surface area contributed by atoms with Crippen LogP contribution in [0.2, 0.25) is 5.02 Å². The summed E-state index contributed by atoms with van der Waals surface area (Å²) < 4.78 is 0. The summed E-state index contributed by atoms with van der Waals surface area (Å²) in [4.78, 5) is 13.6. The van der Waals surface area contributed by atoms with E-state index in [-0.39, 0.29) is 5.91 Å². The van der Waals surface area contributed by atoms with E-state index in [2.05, 4.69) is 10.5 Å². The minimum Gasteiger partial charge on any atom is -0.345 e. The van der Waals surface area contributed by atoms with Crippen LogP contribution in [0.4, 0.5) is 0 Å². The summed E-state index contributed by atoms with van der Waals surface area (Å²) in [6, 6.07) is 17.7. The molecule has 2 aromatic rings. The van der Waals surface area contributed by atoms with Gasteiger partial charge in [-0.2, -0.15) is 5.10 Å². The van der Waals surface area contributed by atoms with E-state index in [0.29, 0.717) is 24.5 Å². The number of nitrogens with one attached hydrogen (secondary N) is 1. The maximum Gasteiger partial charge on any atom is 0.259 e. The van der Waals surface area contributed by atoms with Crippen LogP contribution in [0, 0.1) is 0 Å². The predicted molar refractivity (Wildman–Crippen MR) is 87.6 cm³/mol. The minimum atomic E-state index is -0.0872. The molecule has 3 rings (SSSR count). The van der Waals surface area contributed by atoms with Crippen LogP contribution in [0.15, 0.2) is 59.7 Å². The fraction of sp³-hybridized carbons (Fsp3) is 0.176. The minimum absolute atomic E-state index is 0.0872. The van der Waals surface area contributed by atoms with Gasteiger partial charge in [0, 0.05) is 18.0 Å². The Labute approximate surface area is 134 Å². The van der Waals surface area contributed by atoms with Crippen molar-refractivity contribution in [3.8, 4) is 0 Å². The quantitative estimate of drug-likeness (QED) is 0.943. The number of amidine groups is 1. The molecule has 1 heterocycles. The molecule has 0 spiro atoms. The maximum absolute atomic E-state index is 11.6. The number of carbonyl (C=O) groups is 1. The van der Waals surface area contributed by atoms with E-state index in [1.807, 2.05) is 59.5 Å². The summed E-state index contributed by atoms with van der Waals surface area (Å²) >= 11 is 5.91. The first-order valence-corrected chi connectivity index (χ1v) is 7.47.